The molecule has 2 aromatic rings. The van der Waals surface area contributed by atoms with E-state index < -0.39 is 5.82 Å². The summed E-state index contributed by atoms with van der Waals surface area (Å²) >= 11 is 7.07. The third-order valence-corrected chi connectivity index (χ3v) is 3.19. The molecule has 0 aliphatic heterocycles. The fourth-order valence-corrected chi connectivity index (χ4v) is 2.14. The maximum Gasteiger partial charge on any atom is 0.205 e. The predicted octanol–water partition coefficient (Wildman–Crippen LogP) is 3.34. The first-order valence-corrected chi connectivity index (χ1v) is 6.52. The van der Waals surface area contributed by atoms with Crippen molar-refractivity contribution in [2.45, 2.75) is 13.5 Å². The zero-order valence-corrected chi connectivity index (χ0v) is 11.2. The fourth-order valence-electron chi connectivity index (χ4n) is 1.25. The molecule has 96 valence electrons. The summed E-state index contributed by atoms with van der Waals surface area (Å²) in [5.41, 5.74) is 0. The van der Waals surface area contributed by atoms with E-state index in [4.69, 9.17) is 16.3 Å². The molecule has 2 rings (SSSR count). The summed E-state index contributed by atoms with van der Waals surface area (Å²) in [5.74, 6) is 0.0379. The summed E-state index contributed by atoms with van der Waals surface area (Å²) in [5, 5.41) is 12.5. The van der Waals surface area contributed by atoms with Crippen LogP contribution in [-0.2, 0) is 6.61 Å². The zero-order chi connectivity index (χ0) is 13.0. The molecule has 1 aromatic carbocycles. The maximum atomic E-state index is 12.9. The number of nitrogens with zero attached hydrogens (tertiary/aromatic N) is 2. The number of hydrogen-bond donors (Lipinski definition) is 1. The third kappa shape index (κ3) is 3.30. The van der Waals surface area contributed by atoms with Crippen LogP contribution < -0.4 is 10.1 Å². The average molecular weight is 288 g/mol. The van der Waals surface area contributed by atoms with Crippen molar-refractivity contribution in [1.29, 1.82) is 0 Å². The van der Waals surface area contributed by atoms with Crippen LogP contribution in [0.2, 0.25) is 5.02 Å². The minimum atomic E-state index is -0.464. The molecule has 1 heterocycles. The van der Waals surface area contributed by atoms with Gasteiger partial charge in [0.25, 0.3) is 0 Å². The maximum absolute atomic E-state index is 12.9. The van der Waals surface area contributed by atoms with E-state index in [1.54, 1.807) is 0 Å². The second-order valence-electron chi connectivity index (χ2n) is 3.40. The molecule has 0 aliphatic rings. The summed E-state index contributed by atoms with van der Waals surface area (Å²) in [7, 11) is 0. The Morgan fingerprint density at radius 2 is 2.28 bits per heavy atom. The molecule has 0 unspecified atom stereocenters. The molecular weight excluding hydrogens is 277 g/mol. The number of benzene rings is 1. The summed E-state index contributed by atoms with van der Waals surface area (Å²) in [6.45, 7) is 3.06. The van der Waals surface area contributed by atoms with Gasteiger partial charge in [0.15, 0.2) is 5.01 Å². The summed E-state index contributed by atoms with van der Waals surface area (Å²) in [6, 6.07) is 4.22. The van der Waals surface area contributed by atoms with Gasteiger partial charge in [0, 0.05) is 12.6 Å². The normalized spacial score (nSPS) is 10.4. The third-order valence-electron chi connectivity index (χ3n) is 2.05. The van der Waals surface area contributed by atoms with Crippen LogP contribution in [-0.4, -0.2) is 16.7 Å². The van der Waals surface area contributed by atoms with E-state index in [9.17, 15) is 4.39 Å². The van der Waals surface area contributed by atoms with Gasteiger partial charge in [-0.3, -0.25) is 0 Å². The van der Waals surface area contributed by atoms with Gasteiger partial charge in [-0.05, 0) is 19.1 Å². The number of hydrogen-bond acceptors (Lipinski definition) is 5. The van der Waals surface area contributed by atoms with Gasteiger partial charge in [-0.25, -0.2) is 4.39 Å². The topological polar surface area (TPSA) is 47.0 Å². The van der Waals surface area contributed by atoms with Gasteiger partial charge in [0.1, 0.15) is 18.2 Å². The molecule has 0 saturated carbocycles. The van der Waals surface area contributed by atoms with Crippen molar-refractivity contribution in [3.05, 3.63) is 34.0 Å². The van der Waals surface area contributed by atoms with E-state index in [1.165, 1.54) is 29.5 Å². The van der Waals surface area contributed by atoms with Crippen LogP contribution in [0.25, 0.3) is 0 Å². The van der Waals surface area contributed by atoms with E-state index >= 15 is 0 Å². The molecule has 1 N–H and O–H groups in total. The van der Waals surface area contributed by atoms with Gasteiger partial charge in [-0.1, -0.05) is 22.9 Å². The van der Waals surface area contributed by atoms with Crippen LogP contribution in [0, 0.1) is 5.82 Å². The van der Waals surface area contributed by atoms with Gasteiger partial charge in [-0.15, -0.1) is 10.2 Å². The number of ether oxygens (including phenoxy) is 1. The summed E-state index contributed by atoms with van der Waals surface area (Å²) in [6.07, 6.45) is 0. The lowest BCUT2D eigenvalue weighted by Crippen LogP contribution is -1.95. The molecule has 18 heavy (non-hydrogen) atoms. The largest absolute Gasteiger partial charge is 0.486 e. The molecule has 0 bridgehead atoms. The van der Waals surface area contributed by atoms with Crippen LogP contribution in [0.1, 0.15) is 11.9 Å². The van der Waals surface area contributed by atoms with E-state index in [0.717, 1.165) is 16.7 Å². The molecule has 0 amide bonds. The van der Waals surface area contributed by atoms with Gasteiger partial charge >= 0.3 is 0 Å². The number of nitrogens with one attached hydrogen (secondary N) is 1. The Balaban J connectivity index is 1.95. The fraction of sp³-hybridized carbons (Fsp3) is 0.273. The van der Waals surface area contributed by atoms with Crippen molar-refractivity contribution in [1.82, 2.24) is 10.2 Å². The highest BCUT2D eigenvalue weighted by molar-refractivity contribution is 7.15. The predicted molar refractivity (Wildman–Crippen MR) is 69.8 cm³/mol. The first-order chi connectivity index (χ1) is 8.69. The van der Waals surface area contributed by atoms with E-state index in [1.807, 2.05) is 6.92 Å². The number of halogens is 2. The van der Waals surface area contributed by atoms with Crippen molar-refractivity contribution in [3.63, 3.8) is 0 Å². The highest BCUT2D eigenvalue weighted by Gasteiger charge is 2.05. The smallest absolute Gasteiger partial charge is 0.205 e. The molecule has 0 fully saturated rings. The monoisotopic (exact) mass is 287 g/mol. The second kappa shape index (κ2) is 5.97. The van der Waals surface area contributed by atoms with Gasteiger partial charge in [-0.2, -0.15) is 0 Å². The van der Waals surface area contributed by atoms with Crippen molar-refractivity contribution in [2.24, 2.45) is 0 Å². The first-order valence-electron chi connectivity index (χ1n) is 5.33. The van der Waals surface area contributed by atoms with Crippen LogP contribution in [0.4, 0.5) is 9.52 Å². The highest BCUT2D eigenvalue weighted by atomic mass is 35.5. The highest BCUT2D eigenvalue weighted by Crippen LogP contribution is 2.23. The Kier molecular flexibility index (Phi) is 4.33. The Morgan fingerprint density at radius 1 is 1.44 bits per heavy atom. The molecule has 7 heteroatoms. The summed E-state index contributed by atoms with van der Waals surface area (Å²) in [4.78, 5) is 0. The molecule has 4 nitrogen and oxygen atoms in total. The Hall–Kier alpha value is -1.40. The van der Waals surface area contributed by atoms with Crippen LogP contribution >= 0.6 is 22.9 Å². The molecular formula is C11H11ClFN3OS. The Bertz CT molecular complexity index is 535. The van der Waals surface area contributed by atoms with Gasteiger partial charge in [0.2, 0.25) is 5.13 Å². The molecule has 0 radical (unpaired) electrons. The van der Waals surface area contributed by atoms with E-state index in [-0.39, 0.29) is 11.6 Å². The minimum absolute atomic E-state index is 0.0399. The lowest BCUT2D eigenvalue weighted by atomic mass is 10.3. The van der Waals surface area contributed by atoms with Crippen molar-refractivity contribution in [3.8, 4) is 5.75 Å². The Labute approximate surface area is 113 Å². The van der Waals surface area contributed by atoms with Gasteiger partial charge in [0.05, 0.1) is 5.02 Å². The second-order valence-corrected chi connectivity index (χ2v) is 4.87. The Morgan fingerprint density at radius 3 is 3.00 bits per heavy atom. The van der Waals surface area contributed by atoms with Crippen molar-refractivity contribution >= 4 is 28.1 Å². The number of rotatable bonds is 5. The van der Waals surface area contributed by atoms with Crippen LogP contribution in [0.15, 0.2) is 18.2 Å². The quantitative estimate of drug-likeness (QED) is 0.916. The van der Waals surface area contributed by atoms with E-state index in [2.05, 4.69) is 15.5 Å². The SMILES string of the molecule is CCNc1nnc(COc2ccc(F)c(Cl)c2)s1. The molecule has 0 spiro atoms. The number of aromatic nitrogens is 2. The van der Waals surface area contributed by atoms with Crippen LogP contribution in [0.5, 0.6) is 5.75 Å². The molecule has 0 atom stereocenters. The van der Waals surface area contributed by atoms with E-state index in [0.29, 0.717) is 5.75 Å². The lowest BCUT2D eigenvalue weighted by molar-refractivity contribution is 0.304. The van der Waals surface area contributed by atoms with Crippen LogP contribution in [0.3, 0.4) is 0 Å². The first kappa shape index (κ1) is 13.0. The molecule has 1 aromatic heterocycles. The zero-order valence-electron chi connectivity index (χ0n) is 9.61. The molecule has 0 saturated heterocycles. The standard InChI is InChI=1S/C11H11ClFN3OS/c1-2-14-11-16-15-10(18-11)6-17-7-3-4-9(13)8(12)5-7/h3-5H,2,6H2,1H3,(H,14,16). The van der Waals surface area contributed by atoms with Crippen molar-refractivity contribution in [2.75, 3.05) is 11.9 Å². The number of anilines is 1. The van der Waals surface area contributed by atoms with Crippen molar-refractivity contribution < 1.29 is 9.13 Å². The molecule has 0 aliphatic carbocycles. The lowest BCUT2D eigenvalue weighted by Gasteiger charge is -2.04. The van der Waals surface area contributed by atoms with Gasteiger partial charge < -0.3 is 10.1 Å². The summed E-state index contributed by atoms with van der Waals surface area (Å²) < 4.78 is 18.4. The average Bonchev–Trinajstić information content (AvgIpc) is 2.79. The minimum Gasteiger partial charge on any atom is -0.486 e.